The van der Waals surface area contributed by atoms with E-state index >= 15 is 0 Å². The highest BCUT2D eigenvalue weighted by Crippen LogP contribution is 2.17. The average Bonchev–Trinajstić information content (AvgIpc) is 2.00. The van der Waals surface area contributed by atoms with Crippen LogP contribution in [-0.2, 0) is 4.74 Å². The quantitative estimate of drug-likeness (QED) is 0.271. The van der Waals surface area contributed by atoms with Gasteiger partial charge in [0.1, 0.15) is 24.4 Å². The van der Waals surface area contributed by atoms with Gasteiger partial charge >= 0.3 is 0 Å². The van der Waals surface area contributed by atoms with Crippen LogP contribution < -0.4 is 0 Å². The zero-order valence-electron chi connectivity index (χ0n) is 6.24. The van der Waals surface area contributed by atoms with Crippen molar-refractivity contribution in [3.63, 3.8) is 0 Å². The van der Waals surface area contributed by atoms with E-state index in [9.17, 15) is 0 Å². The molecule has 0 bridgehead atoms. The van der Waals surface area contributed by atoms with Crippen molar-refractivity contribution in [2.75, 3.05) is 6.61 Å². The van der Waals surface area contributed by atoms with Gasteiger partial charge in [-0.15, -0.1) is 0 Å². The van der Waals surface area contributed by atoms with Crippen LogP contribution in [0.1, 0.15) is 0 Å². The van der Waals surface area contributed by atoms with E-state index < -0.39 is 30.7 Å². The molecule has 0 saturated carbocycles. The number of hydrogen-bond acceptors (Lipinski definition) is 6. The molecule has 1 heterocycles. The summed E-state index contributed by atoms with van der Waals surface area (Å²) in [4.78, 5) is 0. The van der Waals surface area contributed by atoms with Crippen LogP contribution in [0.25, 0.3) is 0 Å². The van der Waals surface area contributed by atoms with Crippen LogP contribution in [0.2, 0.25) is 0 Å². The smallest absolute Gasteiger partial charge is 0.181 e. The van der Waals surface area contributed by atoms with Gasteiger partial charge in [-0.25, -0.2) is 0 Å². The number of aliphatic hydroxyl groups is 5. The molecule has 6 heteroatoms. The van der Waals surface area contributed by atoms with Gasteiger partial charge in [-0.3, -0.25) is 0 Å². The van der Waals surface area contributed by atoms with E-state index in [1.165, 1.54) is 0 Å². The second kappa shape index (κ2) is 3.65. The maximum Gasteiger partial charge on any atom is 0.181 e. The number of ether oxygens (including phenoxy) is 1. The third kappa shape index (κ3) is 1.74. The molecule has 1 aliphatic rings. The van der Waals surface area contributed by atoms with Crippen LogP contribution in [0, 0.1) is 0 Å². The SMILES string of the molecule is OC(O)C1OC[C@H](O)C(O)[C@@H]1O. The Balaban J connectivity index is 2.58. The Hall–Kier alpha value is -0.240. The molecule has 4 atom stereocenters. The van der Waals surface area contributed by atoms with E-state index in [2.05, 4.69) is 4.74 Å². The highest BCUT2D eigenvalue weighted by molar-refractivity contribution is 4.87. The topological polar surface area (TPSA) is 110 Å². The second-order valence-corrected chi connectivity index (χ2v) is 2.76. The molecule has 1 saturated heterocycles. The molecule has 1 fully saturated rings. The predicted molar refractivity (Wildman–Crippen MR) is 36.0 cm³/mol. The molecule has 0 amide bonds. The summed E-state index contributed by atoms with van der Waals surface area (Å²) in [6.45, 7) is -0.222. The molecule has 72 valence electrons. The van der Waals surface area contributed by atoms with Gasteiger partial charge in [-0.1, -0.05) is 0 Å². The summed E-state index contributed by atoms with van der Waals surface area (Å²) in [6.07, 6.45) is -7.18. The van der Waals surface area contributed by atoms with Crippen molar-refractivity contribution in [3.05, 3.63) is 0 Å². The highest BCUT2D eigenvalue weighted by atomic mass is 16.6. The molecule has 6 nitrogen and oxygen atoms in total. The van der Waals surface area contributed by atoms with Crippen LogP contribution >= 0.6 is 0 Å². The lowest BCUT2D eigenvalue weighted by Gasteiger charge is -2.35. The number of rotatable bonds is 1. The maximum absolute atomic E-state index is 9.12. The van der Waals surface area contributed by atoms with Crippen molar-refractivity contribution >= 4 is 0 Å². The van der Waals surface area contributed by atoms with Crippen LogP contribution in [0.15, 0.2) is 0 Å². The standard InChI is InChI=1S/C6H12O6/c7-2-1-12-5(6(10)11)4(9)3(2)8/h2-11H,1H2/t2-,3?,4-,5?/m0/s1. The largest absolute Gasteiger partial charge is 0.388 e. The van der Waals surface area contributed by atoms with Crippen LogP contribution in [0.3, 0.4) is 0 Å². The molecule has 2 unspecified atom stereocenters. The Labute approximate surface area is 68.6 Å². The number of aliphatic hydroxyl groups excluding tert-OH is 4. The van der Waals surface area contributed by atoms with Gasteiger partial charge in [0.25, 0.3) is 0 Å². The van der Waals surface area contributed by atoms with Crippen molar-refractivity contribution in [1.29, 1.82) is 0 Å². The fourth-order valence-electron chi connectivity index (χ4n) is 1.09. The molecular formula is C6H12O6. The average molecular weight is 180 g/mol. The summed E-state index contributed by atoms with van der Waals surface area (Å²) in [5.74, 6) is 0. The van der Waals surface area contributed by atoms with E-state index in [-0.39, 0.29) is 6.61 Å². The van der Waals surface area contributed by atoms with Gasteiger partial charge in [0.2, 0.25) is 0 Å². The summed E-state index contributed by atoms with van der Waals surface area (Å²) in [6, 6.07) is 0. The lowest BCUT2D eigenvalue weighted by Crippen LogP contribution is -2.56. The Kier molecular flexibility index (Phi) is 2.99. The first-order valence-electron chi connectivity index (χ1n) is 3.56. The second-order valence-electron chi connectivity index (χ2n) is 2.76. The molecular weight excluding hydrogens is 168 g/mol. The van der Waals surface area contributed by atoms with E-state index in [1.807, 2.05) is 0 Å². The van der Waals surface area contributed by atoms with Gasteiger partial charge in [0.05, 0.1) is 6.61 Å². The highest BCUT2D eigenvalue weighted by Gasteiger charge is 2.40. The van der Waals surface area contributed by atoms with Crippen molar-refractivity contribution in [2.24, 2.45) is 0 Å². The monoisotopic (exact) mass is 180 g/mol. The Morgan fingerprint density at radius 1 is 1.08 bits per heavy atom. The molecule has 5 N–H and O–H groups in total. The summed E-state index contributed by atoms with van der Waals surface area (Å²) in [7, 11) is 0. The number of hydrogen-bond donors (Lipinski definition) is 5. The third-order valence-corrected chi connectivity index (χ3v) is 1.83. The Morgan fingerprint density at radius 3 is 2.17 bits per heavy atom. The van der Waals surface area contributed by atoms with E-state index in [4.69, 9.17) is 25.5 Å². The normalized spacial score (nSPS) is 43.5. The van der Waals surface area contributed by atoms with Crippen molar-refractivity contribution in [3.8, 4) is 0 Å². The molecule has 0 spiro atoms. The maximum atomic E-state index is 9.12. The molecule has 12 heavy (non-hydrogen) atoms. The van der Waals surface area contributed by atoms with Gasteiger partial charge < -0.3 is 30.3 Å². The van der Waals surface area contributed by atoms with Gasteiger partial charge in [-0.05, 0) is 0 Å². The summed E-state index contributed by atoms with van der Waals surface area (Å²) in [5, 5.41) is 44.4. The fraction of sp³-hybridized carbons (Fsp3) is 1.00. The van der Waals surface area contributed by atoms with Gasteiger partial charge in [0.15, 0.2) is 6.29 Å². The zero-order valence-corrected chi connectivity index (χ0v) is 6.24. The first-order chi connectivity index (χ1) is 5.54. The summed E-state index contributed by atoms with van der Waals surface area (Å²) < 4.78 is 4.67. The van der Waals surface area contributed by atoms with E-state index in [0.29, 0.717) is 0 Å². The zero-order chi connectivity index (χ0) is 9.30. The summed E-state index contributed by atoms with van der Waals surface area (Å²) >= 11 is 0. The molecule has 0 aliphatic carbocycles. The van der Waals surface area contributed by atoms with Gasteiger partial charge in [-0.2, -0.15) is 0 Å². The molecule has 1 aliphatic heterocycles. The lowest BCUT2D eigenvalue weighted by molar-refractivity contribution is -0.247. The van der Waals surface area contributed by atoms with Crippen molar-refractivity contribution in [1.82, 2.24) is 0 Å². The molecule has 1 rings (SSSR count). The first-order valence-corrected chi connectivity index (χ1v) is 3.56. The minimum absolute atomic E-state index is 0.222. The minimum Gasteiger partial charge on any atom is -0.388 e. The minimum atomic E-state index is -1.86. The molecule has 0 aromatic carbocycles. The third-order valence-electron chi connectivity index (χ3n) is 1.83. The lowest BCUT2D eigenvalue weighted by atomic mass is 10.00. The Morgan fingerprint density at radius 2 is 1.67 bits per heavy atom. The van der Waals surface area contributed by atoms with E-state index in [0.717, 1.165) is 0 Å². The van der Waals surface area contributed by atoms with Crippen LogP contribution in [0.4, 0.5) is 0 Å². The predicted octanol–water partition coefficient (Wildman–Crippen LogP) is -3.22. The fourth-order valence-corrected chi connectivity index (χ4v) is 1.09. The first kappa shape index (κ1) is 9.85. The van der Waals surface area contributed by atoms with Crippen molar-refractivity contribution in [2.45, 2.75) is 30.7 Å². The van der Waals surface area contributed by atoms with E-state index in [1.54, 1.807) is 0 Å². The van der Waals surface area contributed by atoms with Crippen LogP contribution in [0.5, 0.6) is 0 Å². The van der Waals surface area contributed by atoms with Gasteiger partial charge in [0, 0.05) is 0 Å². The Bertz CT molecular complexity index is 149. The summed E-state index contributed by atoms with van der Waals surface area (Å²) in [5.41, 5.74) is 0. The molecule has 0 radical (unpaired) electrons. The van der Waals surface area contributed by atoms with Crippen LogP contribution in [-0.4, -0.2) is 62.8 Å². The molecule has 0 aromatic heterocycles. The van der Waals surface area contributed by atoms with Crippen molar-refractivity contribution < 1.29 is 30.3 Å². The molecule has 0 aromatic rings.